The molecular weight excluding hydrogens is 280 g/mol. The molecule has 1 aliphatic heterocycles. The van der Waals surface area contributed by atoms with Crippen LogP contribution in [-0.2, 0) is 17.8 Å². The van der Waals surface area contributed by atoms with E-state index in [-0.39, 0.29) is 5.54 Å². The number of hydrogen-bond donors (Lipinski definition) is 1. The first-order valence-corrected chi connectivity index (χ1v) is 8.86. The number of hydrogen-bond acceptors (Lipinski definition) is 4. The van der Waals surface area contributed by atoms with Crippen LogP contribution in [0.4, 0.5) is 0 Å². The normalized spacial score (nSPS) is 20.9. The predicted molar refractivity (Wildman–Crippen MR) is 91.0 cm³/mol. The minimum Gasteiger partial charge on any atom is -0.376 e. The van der Waals surface area contributed by atoms with Crippen LogP contribution >= 0.6 is 11.3 Å². The molecule has 21 heavy (non-hydrogen) atoms. The van der Waals surface area contributed by atoms with Gasteiger partial charge in [0.15, 0.2) is 0 Å². The molecule has 1 aromatic rings. The molecule has 0 amide bonds. The second kappa shape index (κ2) is 7.23. The third kappa shape index (κ3) is 5.37. The van der Waals surface area contributed by atoms with E-state index in [1.807, 2.05) is 11.3 Å². The molecule has 2 rings (SSSR count). The van der Waals surface area contributed by atoms with Crippen LogP contribution in [0.3, 0.4) is 0 Å². The fraction of sp³-hybridized carbons (Fsp3) is 0.765. The minimum absolute atomic E-state index is 0.177. The lowest BCUT2D eigenvalue weighted by molar-refractivity contribution is -0.0324. The van der Waals surface area contributed by atoms with Crippen molar-refractivity contribution in [1.82, 2.24) is 10.2 Å². The summed E-state index contributed by atoms with van der Waals surface area (Å²) in [4.78, 5) is 5.44. The van der Waals surface area contributed by atoms with Crippen LogP contribution in [0.5, 0.6) is 0 Å². The summed E-state index contributed by atoms with van der Waals surface area (Å²) < 4.78 is 5.76. The van der Waals surface area contributed by atoms with Gasteiger partial charge in [-0.25, -0.2) is 0 Å². The molecule has 2 heterocycles. The van der Waals surface area contributed by atoms with E-state index in [4.69, 9.17) is 4.74 Å². The summed E-state index contributed by atoms with van der Waals surface area (Å²) in [6.07, 6.45) is 1.53. The number of nitrogens with one attached hydrogen (secondary N) is 1. The third-order valence-corrected chi connectivity index (χ3v) is 5.03. The summed E-state index contributed by atoms with van der Waals surface area (Å²) in [5, 5.41) is 3.58. The fourth-order valence-electron chi connectivity index (χ4n) is 2.60. The van der Waals surface area contributed by atoms with Gasteiger partial charge in [-0.1, -0.05) is 6.92 Å². The third-order valence-electron chi connectivity index (χ3n) is 3.94. The minimum atomic E-state index is 0.177. The molecule has 1 aromatic heterocycles. The van der Waals surface area contributed by atoms with Gasteiger partial charge >= 0.3 is 0 Å². The maximum absolute atomic E-state index is 5.76. The highest BCUT2D eigenvalue weighted by Gasteiger charge is 2.20. The van der Waals surface area contributed by atoms with Gasteiger partial charge < -0.3 is 10.1 Å². The highest BCUT2D eigenvalue weighted by atomic mass is 32.1. The molecule has 0 saturated carbocycles. The van der Waals surface area contributed by atoms with Crippen molar-refractivity contribution in [3.05, 3.63) is 21.4 Å². The molecule has 3 nitrogen and oxygen atoms in total. The molecule has 1 fully saturated rings. The Bertz CT molecular complexity index is 450. The first-order chi connectivity index (χ1) is 9.87. The SMILES string of the molecule is CCC1CN(Cc2cc(CNC(C)(C)C)sc2C)CCO1. The Balaban J connectivity index is 1.92. The maximum Gasteiger partial charge on any atom is 0.0700 e. The summed E-state index contributed by atoms with van der Waals surface area (Å²) in [6, 6.07) is 2.38. The van der Waals surface area contributed by atoms with E-state index < -0.39 is 0 Å². The van der Waals surface area contributed by atoms with E-state index in [1.54, 1.807) is 0 Å². The average Bonchev–Trinajstić information content (AvgIpc) is 2.77. The van der Waals surface area contributed by atoms with Crippen LogP contribution in [0.1, 0.15) is 49.4 Å². The Kier molecular flexibility index (Phi) is 5.83. The van der Waals surface area contributed by atoms with E-state index in [1.165, 1.54) is 15.3 Å². The molecule has 1 aliphatic rings. The summed E-state index contributed by atoms with van der Waals surface area (Å²) >= 11 is 1.93. The largest absolute Gasteiger partial charge is 0.376 e. The van der Waals surface area contributed by atoms with Crippen LogP contribution in [0.15, 0.2) is 6.07 Å². The predicted octanol–water partition coefficient (Wildman–Crippen LogP) is 3.56. The van der Waals surface area contributed by atoms with Crippen molar-refractivity contribution in [1.29, 1.82) is 0 Å². The maximum atomic E-state index is 5.76. The molecule has 0 bridgehead atoms. The summed E-state index contributed by atoms with van der Waals surface area (Å²) in [7, 11) is 0. The van der Waals surface area contributed by atoms with Gasteiger partial charge in [-0.3, -0.25) is 4.90 Å². The molecule has 1 N–H and O–H groups in total. The monoisotopic (exact) mass is 310 g/mol. The van der Waals surface area contributed by atoms with Crippen LogP contribution in [-0.4, -0.2) is 36.2 Å². The molecular formula is C17H30N2OS. The van der Waals surface area contributed by atoms with Crippen molar-refractivity contribution in [2.45, 2.75) is 65.8 Å². The second-order valence-electron chi connectivity index (χ2n) is 7.03. The molecule has 0 spiro atoms. The Morgan fingerprint density at radius 3 is 2.86 bits per heavy atom. The van der Waals surface area contributed by atoms with Gasteiger partial charge in [-0.05, 0) is 45.7 Å². The van der Waals surface area contributed by atoms with Crippen LogP contribution in [0.2, 0.25) is 0 Å². The Hall–Kier alpha value is -0.420. The highest BCUT2D eigenvalue weighted by molar-refractivity contribution is 7.12. The second-order valence-corrected chi connectivity index (χ2v) is 8.37. The Morgan fingerprint density at radius 2 is 2.19 bits per heavy atom. The summed E-state index contributed by atoms with van der Waals surface area (Å²) in [5.74, 6) is 0. The smallest absolute Gasteiger partial charge is 0.0700 e. The first-order valence-electron chi connectivity index (χ1n) is 8.04. The molecule has 1 saturated heterocycles. The van der Waals surface area contributed by atoms with Crippen molar-refractivity contribution < 1.29 is 4.74 Å². The van der Waals surface area contributed by atoms with Gasteiger partial charge in [0.05, 0.1) is 12.7 Å². The number of rotatable bonds is 5. The van der Waals surface area contributed by atoms with Crippen molar-refractivity contribution in [2.24, 2.45) is 0 Å². The number of ether oxygens (including phenoxy) is 1. The zero-order valence-electron chi connectivity index (χ0n) is 14.2. The number of nitrogens with zero attached hydrogens (tertiary/aromatic N) is 1. The van der Waals surface area contributed by atoms with E-state index in [2.05, 4.69) is 50.9 Å². The van der Waals surface area contributed by atoms with Gasteiger partial charge in [-0.15, -0.1) is 11.3 Å². The highest BCUT2D eigenvalue weighted by Crippen LogP contribution is 2.24. The standard InChI is InChI=1S/C17H30N2OS/c1-6-15-12-19(7-8-20-15)11-14-9-16(21-13(14)2)10-18-17(3,4)5/h9,15,18H,6-8,10-12H2,1-5H3. The van der Waals surface area contributed by atoms with Gasteiger partial charge in [0.25, 0.3) is 0 Å². The quantitative estimate of drug-likeness (QED) is 0.900. The first kappa shape index (κ1) is 16.9. The van der Waals surface area contributed by atoms with Crippen molar-refractivity contribution in [3.8, 4) is 0 Å². The molecule has 4 heteroatoms. The lowest BCUT2D eigenvalue weighted by Crippen LogP contribution is -2.41. The zero-order valence-corrected chi connectivity index (χ0v) is 15.0. The molecule has 0 aromatic carbocycles. The van der Waals surface area contributed by atoms with Crippen molar-refractivity contribution in [2.75, 3.05) is 19.7 Å². The van der Waals surface area contributed by atoms with Gasteiger partial charge in [-0.2, -0.15) is 0 Å². The Morgan fingerprint density at radius 1 is 1.43 bits per heavy atom. The number of thiophene rings is 1. The topological polar surface area (TPSA) is 24.5 Å². The lowest BCUT2D eigenvalue weighted by atomic mass is 10.1. The summed E-state index contributed by atoms with van der Waals surface area (Å²) in [5.41, 5.74) is 1.67. The van der Waals surface area contributed by atoms with Crippen LogP contribution in [0, 0.1) is 6.92 Å². The summed E-state index contributed by atoms with van der Waals surface area (Å²) in [6.45, 7) is 16.1. The molecule has 1 unspecified atom stereocenters. The average molecular weight is 311 g/mol. The number of aryl methyl sites for hydroxylation is 1. The van der Waals surface area contributed by atoms with Gasteiger partial charge in [0, 0.05) is 41.5 Å². The Labute approximate surface area is 133 Å². The zero-order chi connectivity index (χ0) is 15.5. The number of morpholine rings is 1. The van der Waals surface area contributed by atoms with Gasteiger partial charge in [0.2, 0.25) is 0 Å². The molecule has 0 aliphatic carbocycles. The van der Waals surface area contributed by atoms with Crippen LogP contribution < -0.4 is 5.32 Å². The van der Waals surface area contributed by atoms with E-state index in [0.29, 0.717) is 6.10 Å². The fourth-order valence-corrected chi connectivity index (χ4v) is 3.59. The van der Waals surface area contributed by atoms with E-state index in [9.17, 15) is 0 Å². The molecule has 1 atom stereocenters. The lowest BCUT2D eigenvalue weighted by Gasteiger charge is -2.32. The van der Waals surface area contributed by atoms with E-state index >= 15 is 0 Å². The van der Waals surface area contributed by atoms with Crippen LogP contribution in [0.25, 0.3) is 0 Å². The van der Waals surface area contributed by atoms with Gasteiger partial charge in [0.1, 0.15) is 0 Å². The van der Waals surface area contributed by atoms with Crippen molar-refractivity contribution in [3.63, 3.8) is 0 Å². The molecule has 0 radical (unpaired) electrons. The van der Waals surface area contributed by atoms with Crippen molar-refractivity contribution >= 4 is 11.3 Å². The van der Waals surface area contributed by atoms with E-state index in [0.717, 1.165) is 39.2 Å². The molecule has 120 valence electrons.